The summed E-state index contributed by atoms with van der Waals surface area (Å²) in [5.41, 5.74) is 2.19. The zero-order valence-corrected chi connectivity index (χ0v) is 8.51. The van der Waals surface area contributed by atoms with Crippen molar-refractivity contribution in [3.8, 4) is 5.75 Å². The van der Waals surface area contributed by atoms with Crippen LogP contribution in [0.25, 0.3) is 0 Å². The topological polar surface area (TPSA) is 32.3 Å². The minimum absolute atomic E-state index is 0.198. The first-order chi connectivity index (χ1) is 6.75. The molecule has 74 valence electrons. The molecule has 2 nitrogen and oxygen atoms in total. The molecule has 1 atom stereocenters. The van der Waals surface area contributed by atoms with E-state index in [1.54, 1.807) is 6.07 Å². The second kappa shape index (κ2) is 2.80. The number of hydrogen-bond donors (Lipinski definition) is 2. The number of halogens is 1. The van der Waals surface area contributed by atoms with Crippen LogP contribution in [0.1, 0.15) is 18.4 Å². The summed E-state index contributed by atoms with van der Waals surface area (Å²) < 4.78 is 0. The quantitative estimate of drug-likeness (QED) is 0.698. The number of hydrogen-bond acceptors (Lipinski definition) is 2. The van der Waals surface area contributed by atoms with Crippen LogP contribution in [-0.2, 0) is 6.42 Å². The Morgan fingerprint density at radius 3 is 2.86 bits per heavy atom. The first-order valence-corrected chi connectivity index (χ1v) is 5.40. The molecule has 3 rings (SSSR count). The van der Waals surface area contributed by atoms with E-state index in [1.165, 1.54) is 12.8 Å². The predicted octanol–water partition coefficient (Wildman–Crippen LogP) is 2.79. The van der Waals surface area contributed by atoms with Crippen molar-refractivity contribution in [1.82, 2.24) is 0 Å². The first-order valence-electron chi connectivity index (χ1n) is 5.02. The van der Waals surface area contributed by atoms with Crippen LogP contribution in [0, 0.1) is 5.92 Å². The van der Waals surface area contributed by atoms with Crippen LogP contribution in [0.4, 0.5) is 5.69 Å². The fourth-order valence-corrected chi connectivity index (χ4v) is 2.44. The molecule has 0 bridgehead atoms. The summed E-state index contributed by atoms with van der Waals surface area (Å²) in [6, 6.07) is 4.12. The van der Waals surface area contributed by atoms with Gasteiger partial charge in [0.2, 0.25) is 0 Å². The predicted molar refractivity (Wildman–Crippen MR) is 57.0 cm³/mol. The molecule has 1 heterocycles. The molecule has 0 spiro atoms. The minimum Gasteiger partial charge on any atom is -0.506 e. The third kappa shape index (κ3) is 1.17. The maximum absolute atomic E-state index is 9.46. The van der Waals surface area contributed by atoms with Crippen molar-refractivity contribution in [1.29, 1.82) is 0 Å². The highest BCUT2D eigenvalue weighted by Gasteiger charge is 2.36. The van der Waals surface area contributed by atoms with Crippen molar-refractivity contribution in [2.75, 3.05) is 5.32 Å². The molecule has 0 saturated heterocycles. The van der Waals surface area contributed by atoms with E-state index in [2.05, 4.69) is 5.32 Å². The van der Waals surface area contributed by atoms with E-state index in [0.717, 1.165) is 23.6 Å². The molecule has 1 aliphatic carbocycles. The Bertz CT molecular complexity index is 387. The standard InChI is InChI=1S/C11H12ClNO/c12-11-7-5-9(6-1-2-6)13-8(7)3-4-10(11)14/h3-4,6,9,13-14H,1-2,5H2. The van der Waals surface area contributed by atoms with Gasteiger partial charge in [-0.3, -0.25) is 0 Å². The smallest absolute Gasteiger partial charge is 0.134 e. The van der Waals surface area contributed by atoms with Gasteiger partial charge in [0.05, 0.1) is 5.02 Å². The van der Waals surface area contributed by atoms with E-state index >= 15 is 0 Å². The molecule has 14 heavy (non-hydrogen) atoms. The number of benzene rings is 1. The molecule has 1 aliphatic heterocycles. The van der Waals surface area contributed by atoms with Gasteiger partial charge >= 0.3 is 0 Å². The van der Waals surface area contributed by atoms with Gasteiger partial charge in [-0.1, -0.05) is 11.6 Å². The largest absolute Gasteiger partial charge is 0.506 e. The lowest BCUT2D eigenvalue weighted by molar-refractivity contribution is 0.475. The Kier molecular flexibility index (Phi) is 1.68. The summed E-state index contributed by atoms with van der Waals surface area (Å²) in [5.74, 6) is 1.02. The number of anilines is 1. The van der Waals surface area contributed by atoms with Gasteiger partial charge in [0, 0.05) is 11.7 Å². The number of aromatic hydroxyl groups is 1. The lowest BCUT2D eigenvalue weighted by atomic mass is 10.1. The summed E-state index contributed by atoms with van der Waals surface area (Å²) >= 11 is 6.04. The zero-order chi connectivity index (χ0) is 9.71. The molecular formula is C11H12ClNO. The molecule has 0 radical (unpaired) electrons. The molecular weight excluding hydrogens is 198 g/mol. The lowest BCUT2D eigenvalue weighted by Crippen LogP contribution is -2.17. The highest BCUT2D eigenvalue weighted by Crippen LogP contribution is 2.44. The summed E-state index contributed by atoms with van der Waals surface area (Å²) in [4.78, 5) is 0. The van der Waals surface area contributed by atoms with Gasteiger partial charge in [0.15, 0.2) is 0 Å². The molecule has 2 aliphatic rings. The summed E-state index contributed by atoms with van der Waals surface area (Å²) in [6.07, 6.45) is 3.62. The molecule has 1 saturated carbocycles. The SMILES string of the molecule is Oc1ccc2c(c1Cl)CC(C1CC1)N2. The number of fused-ring (bicyclic) bond motifs is 1. The van der Waals surface area contributed by atoms with Crippen LogP contribution in [-0.4, -0.2) is 11.1 Å². The highest BCUT2D eigenvalue weighted by molar-refractivity contribution is 6.33. The van der Waals surface area contributed by atoms with Crippen molar-refractivity contribution in [3.05, 3.63) is 22.7 Å². The van der Waals surface area contributed by atoms with Gasteiger partial charge in [-0.2, -0.15) is 0 Å². The number of rotatable bonds is 1. The van der Waals surface area contributed by atoms with E-state index in [1.807, 2.05) is 6.07 Å². The number of nitrogens with one attached hydrogen (secondary N) is 1. The van der Waals surface area contributed by atoms with Crippen LogP contribution in [0.15, 0.2) is 12.1 Å². The van der Waals surface area contributed by atoms with Crippen LogP contribution in [0.5, 0.6) is 5.75 Å². The van der Waals surface area contributed by atoms with Crippen LogP contribution in [0.2, 0.25) is 5.02 Å². The Morgan fingerprint density at radius 2 is 2.14 bits per heavy atom. The Morgan fingerprint density at radius 1 is 1.36 bits per heavy atom. The molecule has 1 unspecified atom stereocenters. The highest BCUT2D eigenvalue weighted by atomic mass is 35.5. The molecule has 3 heteroatoms. The molecule has 0 aromatic heterocycles. The lowest BCUT2D eigenvalue weighted by Gasteiger charge is -2.07. The normalized spacial score (nSPS) is 24.5. The van der Waals surface area contributed by atoms with E-state index in [-0.39, 0.29) is 5.75 Å². The second-order valence-corrected chi connectivity index (χ2v) is 4.60. The Balaban J connectivity index is 1.97. The molecule has 0 amide bonds. The zero-order valence-electron chi connectivity index (χ0n) is 7.76. The van der Waals surface area contributed by atoms with Crippen molar-refractivity contribution < 1.29 is 5.11 Å². The first kappa shape index (κ1) is 8.42. The van der Waals surface area contributed by atoms with Crippen LogP contribution >= 0.6 is 11.6 Å². The average Bonchev–Trinajstić information content (AvgIpc) is 2.93. The van der Waals surface area contributed by atoms with Crippen LogP contribution < -0.4 is 5.32 Å². The fourth-order valence-electron chi connectivity index (χ4n) is 2.20. The van der Waals surface area contributed by atoms with E-state index < -0.39 is 0 Å². The summed E-state index contributed by atoms with van der Waals surface area (Å²) in [6.45, 7) is 0. The number of phenols is 1. The molecule has 1 fully saturated rings. The van der Waals surface area contributed by atoms with Crippen LogP contribution in [0.3, 0.4) is 0 Å². The second-order valence-electron chi connectivity index (χ2n) is 4.22. The van der Waals surface area contributed by atoms with Gasteiger partial charge < -0.3 is 10.4 Å². The third-order valence-electron chi connectivity index (χ3n) is 3.18. The van der Waals surface area contributed by atoms with E-state index in [0.29, 0.717) is 11.1 Å². The summed E-state index contributed by atoms with van der Waals surface area (Å²) in [5, 5.41) is 13.5. The van der Waals surface area contributed by atoms with Gasteiger partial charge in [-0.15, -0.1) is 0 Å². The molecule has 1 aromatic carbocycles. The Labute approximate surface area is 87.9 Å². The van der Waals surface area contributed by atoms with Gasteiger partial charge in [0.1, 0.15) is 5.75 Å². The van der Waals surface area contributed by atoms with E-state index in [4.69, 9.17) is 11.6 Å². The fraction of sp³-hybridized carbons (Fsp3) is 0.455. The summed E-state index contributed by atoms with van der Waals surface area (Å²) in [7, 11) is 0. The van der Waals surface area contributed by atoms with Crippen molar-refractivity contribution in [2.45, 2.75) is 25.3 Å². The molecule has 2 N–H and O–H groups in total. The Hall–Kier alpha value is -0.890. The average molecular weight is 210 g/mol. The minimum atomic E-state index is 0.198. The van der Waals surface area contributed by atoms with Crippen molar-refractivity contribution in [3.63, 3.8) is 0 Å². The van der Waals surface area contributed by atoms with Gasteiger partial charge in [-0.25, -0.2) is 0 Å². The van der Waals surface area contributed by atoms with Gasteiger partial charge in [0.25, 0.3) is 0 Å². The third-order valence-corrected chi connectivity index (χ3v) is 3.60. The molecule has 1 aromatic rings. The maximum Gasteiger partial charge on any atom is 0.134 e. The van der Waals surface area contributed by atoms with Crippen molar-refractivity contribution >= 4 is 17.3 Å². The monoisotopic (exact) mass is 209 g/mol. The number of phenolic OH excluding ortho intramolecular Hbond substituents is 1. The van der Waals surface area contributed by atoms with E-state index in [9.17, 15) is 5.11 Å². The van der Waals surface area contributed by atoms with Gasteiger partial charge in [-0.05, 0) is 42.9 Å². The van der Waals surface area contributed by atoms with Crippen molar-refractivity contribution in [2.24, 2.45) is 5.92 Å². The maximum atomic E-state index is 9.46.